The Morgan fingerprint density at radius 3 is 2.38 bits per heavy atom. The van der Waals surface area contributed by atoms with Crippen molar-refractivity contribution in [2.45, 2.75) is 12.3 Å². The molecule has 0 unspecified atom stereocenters. The summed E-state index contributed by atoms with van der Waals surface area (Å²) in [6.07, 6.45) is -3.54. The Morgan fingerprint density at radius 1 is 1.31 bits per heavy atom. The largest absolute Gasteiger partial charge is 0.472 e. The SMILES string of the molecule is Cl.FC(F)(F)c1ccc(OC2CNC2)nc1. The Labute approximate surface area is 96.4 Å². The predicted molar refractivity (Wildman–Crippen MR) is 53.8 cm³/mol. The molecule has 0 aromatic carbocycles. The summed E-state index contributed by atoms with van der Waals surface area (Å²) in [5.41, 5.74) is -0.762. The van der Waals surface area contributed by atoms with Gasteiger partial charge in [-0.3, -0.25) is 0 Å². The summed E-state index contributed by atoms with van der Waals surface area (Å²) < 4.78 is 41.8. The first-order valence-corrected chi connectivity index (χ1v) is 4.46. The van der Waals surface area contributed by atoms with Crippen molar-refractivity contribution in [3.8, 4) is 5.88 Å². The lowest BCUT2D eigenvalue weighted by atomic mass is 10.2. The summed E-state index contributed by atoms with van der Waals surface area (Å²) in [4.78, 5) is 3.60. The monoisotopic (exact) mass is 254 g/mol. The van der Waals surface area contributed by atoms with Crippen molar-refractivity contribution in [3.05, 3.63) is 23.9 Å². The molecule has 1 aromatic heterocycles. The number of hydrogen-bond donors (Lipinski definition) is 1. The van der Waals surface area contributed by atoms with Crippen molar-refractivity contribution in [1.82, 2.24) is 10.3 Å². The van der Waals surface area contributed by atoms with Crippen LogP contribution in [-0.4, -0.2) is 24.2 Å². The molecule has 90 valence electrons. The van der Waals surface area contributed by atoms with Crippen LogP contribution in [-0.2, 0) is 6.18 Å². The molecule has 1 aliphatic heterocycles. The molecule has 0 saturated carbocycles. The van der Waals surface area contributed by atoms with E-state index in [1.54, 1.807) is 0 Å². The fourth-order valence-electron chi connectivity index (χ4n) is 1.13. The topological polar surface area (TPSA) is 34.1 Å². The second-order valence-electron chi connectivity index (χ2n) is 3.28. The first-order valence-electron chi connectivity index (χ1n) is 4.46. The summed E-state index contributed by atoms with van der Waals surface area (Å²) in [6, 6.07) is 2.20. The molecule has 0 radical (unpaired) electrons. The number of aromatic nitrogens is 1. The van der Waals surface area contributed by atoms with E-state index in [0.717, 1.165) is 12.3 Å². The van der Waals surface area contributed by atoms with Gasteiger partial charge in [0.1, 0.15) is 6.10 Å². The van der Waals surface area contributed by atoms with Gasteiger partial charge >= 0.3 is 6.18 Å². The van der Waals surface area contributed by atoms with E-state index in [9.17, 15) is 13.2 Å². The van der Waals surface area contributed by atoms with Crippen molar-refractivity contribution in [2.75, 3.05) is 13.1 Å². The van der Waals surface area contributed by atoms with E-state index in [1.165, 1.54) is 6.07 Å². The average Bonchev–Trinajstić information content (AvgIpc) is 2.11. The van der Waals surface area contributed by atoms with Crippen LogP contribution < -0.4 is 10.1 Å². The summed E-state index contributed by atoms with van der Waals surface area (Å²) in [5.74, 6) is 0.231. The number of nitrogens with zero attached hydrogens (tertiary/aromatic N) is 1. The van der Waals surface area contributed by atoms with Crippen LogP contribution in [0.3, 0.4) is 0 Å². The molecule has 2 heterocycles. The van der Waals surface area contributed by atoms with Gasteiger partial charge in [-0.05, 0) is 6.07 Å². The molecule has 0 amide bonds. The third-order valence-electron chi connectivity index (χ3n) is 2.10. The molecular weight excluding hydrogens is 245 g/mol. The first-order chi connectivity index (χ1) is 7.05. The molecule has 1 aliphatic rings. The number of pyridine rings is 1. The predicted octanol–water partition coefficient (Wildman–Crippen LogP) is 1.87. The van der Waals surface area contributed by atoms with Gasteiger partial charge in [0.15, 0.2) is 0 Å². The standard InChI is InChI=1S/C9H9F3N2O.ClH/c10-9(11,12)6-1-2-8(14-3-6)15-7-4-13-5-7;/h1-3,7,13H,4-5H2;1H. The van der Waals surface area contributed by atoms with Gasteiger partial charge in [0, 0.05) is 25.4 Å². The van der Waals surface area contributed by atoms with Crippen molar-refractivity contribution >= 4 is 12.4 Å². The Bertz CT molecular complexity index is 338. The second-order valence-corrected chi connectivity index (χ2v) is 3.28. The van der Waals surface area contributed by atoms with Crippen LogP contribution in [0.4, 0.5) is 13.2 Å². The lowest BCUT2D eigenvalue weighted by Crippen LogP contribution is -2.50. The Balaban J connectivity index is 0.00000128. The highest BCUT2D eigenvalue weighted by Crippen LogP contribution is 2.29. The lowest BCUT2D eigenvalue weighted by Gasteiger charge is -2.27. The maximum Gasteiger partial charge on any atom is 0.417 e. The van der Waals surface area contributed by atoms with Gasteiger partial charge in [0.25, 0.3) is 0 Å². The zero-order valence-electron chi connectivity index (χ0n) is 8.12. The molecule has 0 atom stereocenters. The molecule has 1 N–H and O–H groups in total. The maximum atomic E-state index is 12.2. The molecular formula is C9H10ClF3N2O. The van der Waals surface area contributed by atoms with Crippen LogP contribution in [0.25, 0.3) is 0 Å². The molecule has 1 fully saturated rings. The van der Waals surface area contributed by atoms with Crippen molar-refractivity contribution in [2.24, 2.45) is 0 Å². The van der Waals surface area contributed by atoms with Gasteiger partial charge in [0.05, 0.1) is 5.56 Å². The van der Waals surface area contributed by atoms with Crippen molar-refractivity contribution in [1.29, 1.82) is 0 Å². The number of hydrogen-bond acceptors (Lipinski definition) is 3. The van der Waals surface area contributed by atoms with Gasteiger partial charge < -0.3 is 10.1 Å². The van der Waals surface area contributed by atoms with Crippen molar-refractivity contribution < 1.29 is 17.9 Å². The van der Waals surface area contributed by atoms with E-state index in [4.69, 9.17) is 4.74 Å². The van der Waals surface area contributed by atoms with Gasteiger partial charge in [-0.15, -0.1) is 12.4 Å². The number of nitrogens with one attached hydrogen (secondary N) is 1. The van der Waals surface area contributed by atoms with E-state index in [0.29, 0.717) is 13.1 Å². The zero-order chi connectivity index (χ0) is 10.9. The minimum atomic E-state index is -4.34. The van der Waals surface area contributed by atoms with E-state index >= 15 is 0 Å². The molecule has 7 heteroatoms. The van der Waals surface area contributed by atoms with Crippen LogP contribution in [0, 0.1) is 0 Å². The highest BCUT2D eigenvalue weighted by molar-refractivity contribution is 5.85. The summed E-state index contributed by atoms with van der Waals surface area (Å²) in [7, 11) is 0. The average molecular weight is 255 g/mol. The van der Waals surface area contributed by atoms with Gasteiger partial charge in [0.2, 0.25) is 5.88 Å². The quantitative estimate of drug-likeness (QED) is 0.875. The maximum absolute atomic E-state index is 12.2. The number of alkyl halides is 3. The summed E-state index contributed by atoms with van der Waals surface area (Å²) >= 11 is 0. The van der Waals surface area contributed by atoms with Gasteiger partial charge in [-0.2, -0.15) is 13.2 Å². The minimum absolute atomic E-state index is 0. The first kappa shape index (κ1) is 13.1. The number of ether oxygens (including phenoxy) is 1. The Hall–Kier alpha value is -1.01. The van der Waals surface area contributed by atoms with Crippen LogP contribution >= 0.6 is 12.4 Å². The lowest BCUT2D eigenvalue weighted by molar-refractivity contribution is -0.137. The molecule has 0 spiro atoms. The molecule has 16 heavy (non-hydrogen) atoms. The van der Waals surface area contributed by atoms with Crippen molar-refractivity contribution in [3.63, 3.8) is 0 Å². The Kier molecular flexibility index (Phi) is 3.98. The third kappa shape index (κ3) is 2.99. The zero-order valence-corrected chi connectivity index (χ0v) is 8.94. The van der Waals surface area contributed by atoms with E-state index in [1.807, 2.05) is 0 Å². The second kappa shape index (κ2) is 4.88. The van der Waals surface area contributed by atoms with E-state index < -0.39 is 11.7 Å². The molecule has 0 bridgehead atoms. The normalized spacial score (nSPS) is 16.2. The van der Waals surface area contributed by atoms with Crippen LogP contribution in [0.5, 0.6) is 5.88 Å². The highest BCUT2D eigenvalue weighted by atomic mass is 35.5. The van der Waals surface area contributed by atoms with E-state index in [-0.39, 0.29) is 24.4 Å². The van der Waals surface area contributed by atoms with Crippen LogP contribution in [0.2, 0.25) is 0 Å². The summed E-state index contributed by atoms with van der Waals surface area (Å²) in [6.45, 7) is 1.42. The van der Waals surface area contributed by atoms with Crippen LogP contribution in [0.15, 0.2) is 18.3 Å². The smallest absolute Gasteiger partial charge is 0.417 e. The van der Waals surface area contributed by atoms with Crippen LogP contribution in [0.1, 0.15) is 5.56 Å². The molecule has 2 rings (SSSR count). The number of rotatable bonds is 2. The highest BCUT2D eigenvalue weighted by Gasteiger charge is 2.31. The molecule has 3 nitrogen and oxygen atoms in total. The van der Waals surface area contributed by atoms with E-state index in [2.05, 4.69) is 10.3 Å². The molecule has 1 aromatic rings. The van der Waals surface area contributed by atoms with Gasteiger partial charge in [-0.25, -0.2) is 4.98 Å². The summed E-state index contributed by atoms with van der Waals surface area (Å²) in [5, 5.41) is 2.98. The fourth-order valence-corrected chi connectivity index (χ4v) is 1.13. The Morgan fingerprint density at radius 2 is 2.00 bits per heavy atom. The fraction of sp³-hybridized carbons (Fsp3) is 0.444. The number of halogens is 4. The molecule has 0 aliphatic carbocycles. The van der Waals surface area contributed by atoms with Gasteiger partial charge in [-0.1, -0.05) is 0 Å². The third-order valence-corrected chi connectivity index (χ3v) is 2.10. The minimum Gasteiger partial charge on any atom is -0.472 e. The molecule has 1 saturated heterocycles.